The molecule has 0 saturated heterocycles. The minimum absolute atomic E-state index is 0.0382. The quantitative estimate of drug-likeness (QED) is 0.937. The highest BCUT2D eigenvalue weighted by molar-refractivity contribution is 5.70. The number of aromatic nitrogens is 4. The van der Waals surface area contributed by atoms with Crippen LogP contribution in [0.5, 0.6) is 0 Å². The fourth-order valence-corrected chi connectivity index (χ4v) is 2.34. The van der Waals surface area contributed by atoms with Gasteiger partial charge >= 0.3 is 0 Å². The minimum atomic E-state index is -0.0382. The smallest absolute Gasteiger partial charge is 0.131 e. The molecule has 0 fully saturated rings. The van der Waals surface area contributed by atoms with Gasteiger partial charge in [0.25, 0.3) is 0 Å². The summed E-state index contributed by atoms with van der Waals surface area (Å²) in [7, 11) is 1.90. The molecular weight excluding hydrogens is 250 g/mol. The molecule has 5 nitrogen and oxygen atoms in total. The third-order valence-electron chi connectivity index (χ3n) is 3.20. The number of nitrogens with two attached hydrogens (primary N) is 1. The van der Waals surface area contributed by atoms with E-state index in [4.69, 9.17) is 10.7 Å². The Bertz CT molecular complexity index is 598. The van der Waals surface area contributed by atoms with E-state index in [2.05, 4.69) is 44.3 Å². The molecule has 0 unspecified atom stereocenters. The van der Waals surface area contributed by atoms with E-state index in [1.54, 1.807) is 4.68 Å². The van der Waals surface area contributed by atoms with Crippen LogP contribution >= 0.6 is 0 Å². The predicted molar refractivity (Wildman–Crippen MR) is 82.4 cm³/mol. The van der Waals surface area contributed by atoms with Crippen LogP contribution in [0.25, 0.3) is 11.3 Å². The predicted octanol–water partition coefficient (Wildman–Crippen LogP) is 2.82. The van der Waals surface area contributed by atoms with Gasteiger partial charge in [-0.1, -0.05) is 34.6 Å². The van der Waals surface area contributed by atoms with E-state index in [9.17, 15) is 0 Å². The van der Waals surface area contributed by atoms with Crippen LogP contribution in [0.2, 0.25) is 0 Å². The molecule has 2 rings (SSSR count). The molecule has 0 aliphatic heterocycles. The normalized spacial score (nSPS) is 12.3. The summed E-state index contributed by atoms with van der Waals surface area (Å²) in [6.07, 6.45) is 3.76. The van der Waals surface area contributed by atoms with Crippen LogP contribution in [0.1, 0.15) is 40.4 Å². The van der Waals surface area contributed by atoms with Crippen molar-refractivity contribution in [2.75, 3.05) is 5.73 Å². The molecule has 0 aliphatic carbocycles. The number of aryl methyl sites for hydroxylation is 1. The minimum Gasteiger partial charge on any atom is -0.383 e. The Kier molecular flexibility index (Phi) is 3.63. The van der Waals surface area contributed by atoms with Crippen LogP contribution in [0, 0.1) is 5.92 Å². The molecule has 2 aromatic rings. The molecule has 2 heterocycles. The van der Waals surface area contributed by atoms with Gasteiger partial charge in [-0.15, -0.1) is 0 Å². The molecule has 0 saturated carbocycles. The second kappa shape index (κ2) is 4.96. The fourth-order valence-electron chi connectivity index (χ4n) is 2.34. The van der Waals surface area contributed by atoms with E-state index >= 15 is 0 Å². The van der Waals surface area contributed by atoms with Crippen LogP contribution in [-0.4, -0.2) is 19.3 Å². The van der Waals surface area contributed by atoms with Crippen molar-refractivity contribution < 1.29 is 0 Å². The van der Waals surface area contributed by atoms with E-state index in [0.29, 0.717) is 5.92 Å². The van der Waals surface area contributed by atoms with Crippen molar-refractivity contribution in [3.8, 4) is 11.3 Å². The molecule has 0 aromatic carbocycles. The third-order valence-corrected chi connectivity index (χ3v) is 3.20. The van der Waals surface area contributed by atoms with E-state index in [-0.39, 0.29) is 5.41 Å². The zero-order valence-corrected chi connectivity index (χ0v) is 13.3. The fraction of sp³-hybridized carbons (Fsp3) is 0.600. The number of rotatable bonds is 3. The number of hydrogen-bond acceptors (Lipinski definition) is 3. The van der Waals surface area contributed by atoms with Crippen molar-refractivity contribution >= 4 is 5.82 Å². The zero-order valence-electron chi connectivity index (χ0n) is 13.3. The lowest BCUT2D eigenvalue weighted by Crippen LogP contribution is -2.21. The Morgan fingerprint density at radius 2 is 1.95 bits per heavy atom. The average Bonchev–Trinajstić information content (AvgIpc) is 2.83. The molecule has 2 N–H and O–H groups in total. The third kappa shape index (κ3) is 2.71. The second-order valence-corrected chi connectivity index (χ2v) is 6.83. The van der Waals surface area contributed by atoms with E-state index < -0.39 is 0 Å². The van der Waals surface area contributed by atoms with Crippen molar-refractivity contribution in [2.45, 2.75) is 46.6 Å². The standard InChI is InChI=1S/C15H25N5/c1-10(2)8-20-13(16)12(11-7-17-19(6)9-11)18-14(20)15(3,4)5/h7,9-10H,8,16H2,1-6H3. The zero-order chi connectivity index (χ0) is 15.1. The lowest BCUT2D eigenvalue weighted by molar-refractivity contribution is 0.455. The first-order valence-corrected chi connectivity index (χ1v) is 7.05. The Morgan fingerprint density at radius 3 is 2.40 bits per heavy atom. The monoisotopic (exact) mass is 275 g/mol. The molecule has 0 radical (unpaired) electrons. The first kappa shape index (κ1) is 14.6. The second-order valence-electron chi connectivity index (χ2n) is 6.83. The maximum Gasteiger partial charge on any atom is 0.131 e. The van der Waals surface area contributed by atoms with Gasteiger partial charge in [0.2, 0.25) is 0 Å². The summed E-state index contributed by atoms with van der Waals surface area (Å²) in [5, 5.41) is 4.21. The molecule has 2 aromatic heterocycles. The van der Waals surface area contributed by atoms with Gasteiger partial charge in [0.1, 0.15) is 17.3 Å². The largest absolute Gasteiger partial charge is 0.383 e. The van der Waals surface area contributed by atoms with E-state index in [1.165, 1.54) is 0 Å². The van der Waals surface area contributed by atoms with Crippen molar-refractivity contribution in [1.29, 1.82) is 0 Å². The Balaban J connectivity index is 2.58. The molecular formula is C15H25N5. The maximum absolute atomic E-state index is 6.35. The Morgan fingerprint density at radius 1 is 1.30 bits per heavy atom. The molecule has 0 aliphatic rings. The first-order chi connectivity index (χ1) is 9.20. The van der Waals surface area contributed by atoms with Gasteiger partial charge in [-0.05, 0) is 5.92 Å². The van der Waals surface area contributed by atoms with Gasteiger partial charge in [0.15, 0.2) is 0 Å². The summed E-state index contributed by atoms with van der Waals surface area (Å²) in [5.41, 5.74) is 8.12. The first-order valence-electron chi connectivity index (χ1n) is 7.05. The summed E-state index contributed by atoms with van der Waals surface area (Å²) < 4.78 is 3.92. The molecule has 20 heavy (non-hydrogen) atoms. The molecule has 0 bridgehead atoms. The van der Waals surface area contributed by atoms with Gasteiger partial charge in [-0.25, -0.2) is 4.98 Å². The number of imidazole rings is 1. The van der Waals surface area contributed by atoms with Gasteiger partial charge in [-0.2, -0.15) is 5.10 Å². The average molecular weight is 275 g/mol. The Labute approximate surface area is 120 Å². The highest BCUT2D eigenvalue weighted by Gasteiger charge is 2.26. The van der Waals surface area contributed by atoms with Crippen molar-refractivity contribution in [1.82, 2.24) is 19.3 Å². The summed E-state index contributed by atoms with van der Waals surface area (Å²) in [6.45, 7) is 11.8. The summed E-state index contributed by atoms with van der Waals surface area (Å²) in [4.78, 5) is 4.80. The highest BCUT2D eigenvalue weighted by atomic mass is 15.2. The lowest BCUT2D eigenvalue weighted by atomic mass is 9.95. The van der Waals surface area contributed by atoms with E-state index in [1.807, 2.05) is 19.4 Å². The van der Waals surface area contributed by atoms with Crippen LogP contribution in [0.15, 0.2) is 12.4 Å². The summed E-state index contributed by atoms with van der Waals surface area (Å²) in [5.74, 6) is 2.29. The molecule has 110 valence electrons. The van der Waals surface area contributed by atoms with Crippen molar-refractivity contribution in [3.63, 3.8) is 0 Å². The number of nitrogens with zero attached hydrogens (tertiary/aromatic N) is 4. The molecule has 0 spiro atoms. The lowest BCUT2D eigenvalue weighted by Gasteiger charge is -2.21. The van der Waals surface area contributed by atoms with Gasteiger partial charge in [-0.3, -0.25) is 4.68 Å². The number of anilines is 1. The van der Waals surface area contributed by atoms with E-state index in [0.717, 1.165) is 29.4 Å². The molecule has 5 heteroatoms. The van der Waals surface area contributed by atoms with Crippen LogP contribution < -0.4 is 5.73 Å². The van der Waals surface area contributed by atoms with Gasteiger partial charge in [0, 0.05) is 30.8 Å². The molecule has 0 amide bonds. The molecule has 0 atom stereocenters. The Hall–Kier alpha value is -1.78. The SMILES string of the molecule is CC(C)Cn1c(C(C)(C)C)nc(-c2cnn(C)c2)c1N. The number of hydrogen-bond donors (Lipinski definition) is 1. The number of nitrogen functional groups attached to an aromatic ring is 1. The van der Waals surface area contributed by atoms with Gasteiger partial charge < -0.3 is 10.3 Å². The van der Waals surface area contributed by atoms with Crippen molar-refractivity contribution in [2.24, 2.45) is 13.0 Å². The highest BCUT2D eigenvalue weighted by Crippen LogP contribution is 2.32. The van der Waals surface area contributed by atoms with Gasteiger partial charge in [0.05, 0.1) is 6.20 Å². The summed E-state index contributed by atoms with van der Waals surface area (Å²) >= 11 is 0. The van der Waals surface area contributed by atoms with Crippen LogP contribution in [0.4, 0.5) is 5.82 Å². The maximum atomic E-state index is 6.35. The van der Waals surface area contributed by atoms with Crippen LogP contribution in [-0.2, 0) is 19.0 Å². The van der Waals surface area contributed by atoms with Crippen molar-refractivity contribution in [3.05, 3.63) is 18.2 Å². The topological polar surface area (TPSA) is 61.7 Å². The summed E-state index contributed by atoms with van der Waals surface area (Å²) in [6, 6.07) is 0. The van der Waals surface area contributed by atoms with Crippen LogP contribution in [0.3, 0.4) is 0 Å².